The van der Waals surface area contributed by atoms with Crippen LogP contribution in [0.15, 0.2) is 54.6 Å². The van der Waals surface area contributed by atoms with Gasteiger partial charge in [0.2, 0.25) is 5.95 Å². The molecule has 3 heterocycles. The molecular weight excluding hydrogens is 324 g/mol. The van der Waals surface area contributed by atoms with Gasteiger partial charge in [-0.05, 0) is 25.0 Å². The third-order valence-corrected chi connectivity index (χ3v) is 5.46. The Morgan fingerprint density at radius 1 is 1.04 bits per heavy atom. The highest BCUT2D eigenvalue weighted by molar-refractivity contribution is 5.78. The molecule has 134 valence electrons. The third-order valence-electron chi connectivity index (χ3n) is 5.46. The maximum Gasteiger partial charge on any atom is 0.215 e. The van der Waals surface area contributed by atoms with Crippen LogP contribution in [0.2, 0.25) is 0 Å². The number of fused-ring (bicyclic) bond motifs is 3. The number of hydrogen-bond donors (Lipinski definition) is 1. The quantitative estimate of drug-likeness (QED) is 0.783. The summed E-state index contributed by atoms with van der Waals surface area (Å²) < 4.78 is 8.29. The van der Waals surface area contributed by atoms with Gasteiger partial charge in [-0.3, -0.25) is 14.4 Å². The van der Waals surface area contributed by atoms with E-state index in [-0.39, 0.29) is 0 Å². The van der Waals surface area contributed by atoms with Gasteiger partial charge in [-0.25, -0.2) is 4.98 Å². The molecule has 0 saturated carbocycles. The molecule has 2 aromatic carbocycles. The lowest BCUT2D eigenvalue weighted by atomic mass is 10.2. The van der Waals surface area contributed by atoms with E-state index in [1.165, 1.54) is 22.4 Å². The van der Waals surface area contributed by atoms with Gasteiger partial charge in [0.25, 0.3) is 0 Å². The first-order chi connectivity index (χ1) is 12.9. The second kappa shape index (κ2) is 6.74. The first-order valence-electron chi connectivity index (χ1n) is 9.56. The number of para-hydroxylation sites is 2. The zero-order chi connectivity index (χ0) is 17.3. The molecule has 1 aromatic heterocycles. The molecule has 0 bridgehead atoms. The van der Waals surface area contributed by atoms with E-state index in [1.54, 1.807) is 0 Å². The van der Waals surface area contributed by atoms with Gasteiger partial charge in [0, 0.05) is 12.2 Å². The van der Waals surface area contributed by atoms with E-state index in [2.05, 4.69) is 64.1 Å². The normalized spacial score (nSPS) is 22.7. The van der Waals surface area contributed by atoms with Gasteiger partial charge in [-0.15, -0.1) is 0 Å². The number of anilines is 1. The van der Waals surface area contributed by atoms with Crippen LogP contribution in [-0.4, -0.2) is 35.5 Å². The van der Waals surface area contributed by atoms with Gasteiger partial charge in [-0.1, -0.05) is 42.5 Å². The highest BCUT2D eigenvalue weighted by Gasteiger charge is 2.31. The minimum absolute atomic E-state index is 0.333. The van der Waals surface area contributed by atoms with Crippen molar-refractivity contribution in [1.82, 2.24) is 9.55 Å². The van der Waals surface area contributed by atoms with Crippen LogP contribution < -0.4 is 9.80 Å². The molecule has 2 aliphatic rings. The van der Waals surface area contributed by atoms with E-state index in [9.17, 15) is 0 Å². The topological polar surface area (TPSA) is 34.7 Å². The van der Waals surface area contributed by atoms with E-state index in [0.29, 0.717) is 6.10 Å². The maximum atomic E-state index is 5.91. The molecule has 5 nitrogen and oxygen atoms in total. The summed E-state index contributed by atoms with van der Waals surface area (Å²) in [5, 5.41) is 0. The molecule has 0 spiro atoms. The predicted octanol–water partition coefficient (Wildman–Crippen LogP) is 2.04. The Hall–Kier alpha value is -2.37. The fourth-order valence-electron chi connectivity index (χ4n) is 4.25. The number of nitrogens with zero attached hydrogens (tertiary/aromatic N) is 3. The largest absolute Gasteiger partial charge is 0.376 e. The van der Waals surface area contributed by atoms with Crippen molar-refractivity contribution in [3.8, 4) is 0 Å². The average Bonchev–Trinajstić information content (AvgIpc) is 3.31. The molecular formula is C21H25N4O+. The van der Waals surface area contributed by atoms with Gasteiger partial charge in [0.05, 0.1) is 23.7 Å². The molecule has 26 heavy (non-hydrogen) atoms. The highest BCUT2D eigenvalue weighted by Crippen LogP contribution is 2.24. The number of rotatable bonds is 4. The summed E-state index contributed by atoms with van der Waals surface area (Å²) in [6.07, 6.45) is 2.67. The Morgan fingerprint density at radius 2 is 1.88 bits per heavy atom. The number of nitrogens with one attached hydrogen (secondary N) is 1. The lowest BCUT2D eigenvalue weighted by molar-refractivity contribution is -0.938. The molecule has 2 aliphatic heterocycles. The number of benzene rings is 2. The number of imidazole rings is 1. The van der Waals surface area contributed by atoms with Crippen molar-refractivity contribution in [2.24, 2.45) is 0 Å². The van der Waals surface area contributed by atoms with Crippen molar-refractivity contribution >= 4 is 17.0 Å². The van der Waals surface area contributed by atoms with Crippen LogP contribution in [0.4, 0.5) is 5.95 Å². The number of ether oxygens (including phenoxy) is 1. The molecule has 2 atom stereocenters. The summed E-state index contributed by atoms with van der Waals surface area (Å²) >= 11 is 0. The molecule has 1 saturated heterocycles. The lowest BCUT2D eigenvalue weighted by Gasteiger charge is -2.35. The second-order valence-corrected chi connectivity index (χ2v) is 7.41. The van der Waals surface area contributed by atoms with Crippen molar-refractivity contribution in [3.05, 3.63) is 60.2 Å². The summed E-state index contributed by atoms with van der Waals surface area (Å²) in [4.78, 5) is 8.90. The van der Waals surface area contributed by atoms with Gasteiger partial charge in [-0.2, -0.15) is 0 Å². The molecule has 3 aromatic rings. The molecule has 1 unspecified atom stereocenters. The van der Waals surface area contributed by atoms with Crippen molar-refractivity contribution in [1.29, 1.82) is 0 Å². The van der Waals surface area contributed by atoms with Crippen molar-refractivity contribution in [2.75, 3.05) is 24.7 Å². The fourth-order valence-corrected chi connectivity index (χ4v) is 4.25. The Labute approximate surface area is 153 Å². The number of aromatic nitrogens is 2. The first kappa shape index (κ1) is 15.9. The van der Waals surface area contributed by atoms with Crippen molar-refractivity contribution in [3.63, 3.8) is 0 Å². The van der Waals surface area contributed by atoms with E-state index in [1.807, 2.05) is 0 Å². The molecule has 0 radical (unpaired) electrons. The van der Waals surface area contributed by atoms with E-state index >= 15 is 0 Å². The zero-order valence-corrected chi connectivity index (χ0v) is 15.0. The van der Waals surface area contributed by atoms with Crippen LogP contribution >= 0.6 is 0 Å². The smallest absolute Gasteiger partial charge is 0.215 e. The molecule has 0 aliphatic carbocycles. The summed E-state index contributed by atoms with van der Waals surface area (Å²) in [6, 6.07) is 19.2. The van der Waals surface area contributed by atoms with Crippen LogP contribution in [0.1, 0.15) is 18.4 Å². The standard InChI is InChI=1S/C21H24N4O/c1-2-7-17(8-3-1)13-23-15-24(14-18-9-6-12-26-18)21-22-19-10-4-5-11-20(19)25(21)16-23/h1-5,7-8,10-11,18H,6,9,12-16H2/p+1/t18-/m0/s1. The first-order valence-corrected chi connectivity index (χ1v) is 9.56. The van der Waals surface area contributed by atoms with Crippen LogP contribution in [0.25, 0.3) is 11.0 Å². The molecule has 5 heteroatoms. The molecule has 0 amide bonds. The SMILES string of the molecule is c1ccc(C[NH+]2CN(C[C@@H]3CCCO3)c3nc4ccccc4n3C2)cc1. The summed E-state index contributed by atoms with van der Waals surface area (Å²) in [6.45, 7) is 4.77. The predicted molar refractivity (Wildman–Crippen MR) is 102 cm³/mol. The summed E-state index contributed by atoms with van der Waals surface area (Å²) in [5.74, 6) is 1.10. The minimum atomic E-state index is 0.333. The molecule has 1 N–H and O–H groups in total. The number of hydrogen-bond acceptors (Lipinski definition) is 3. The zero-order valence-electron chi connectivity index (χ0n) is 15.0. The minimum Gasteiger partial charge on any atom is -0.376 e. The second-order valence-electron chi connectivity index (χ2n) is 7.41. The van der Waals surface area contributed by atoms with Crippen LogP contribution in [0.3, 0.4) is 0 Å². The third kappa shape index (κ3) is 2.97. The van der Waals surface area contributed by atoms with E-state index in [4.69, 9.17) is 9.72 Å². The van der Waals surface area contributed by atoms with Gasteiger partial charge in [0.1, 0.15) is 6.54 Å². The average molecular weight is 349 g/mol. The van der Waals surface area contributed by atoms with Crippen LogP contribution in [-0.2, 0) is 18.0 Å². The van der Waals surface area contributed by atoms with E-state index in [0.717, 1.165) is 50.9 Å². The van der Waals surface area contributed by atoms with E-state index < -0.39 is 0 Å². The molecule has 1 fully saturated rings. The van der Waals surface area contributed by atoms with Gasteiger partial charge in [0.15, 0.2) is 13.3 Å². The number of quaternary nitrogens is 1. The summed E-state index contributed by atoms with van der Waals surface area (Å²) in [5.41, 5.74) is 3.69. The fraction of sp³-hybridized carbons (Fsp3) is 0.381. The highest BCUT2D eigenvalue weighted by atomic mass is 16.5. The Bertz CT molecular complexity index is 885. The van der Waals surface area contributed by atoms with Crippen molar-refractivity contribution in [2.45, 2.75) is 32.2 Å². The Morgan fingerprint density at radius 3 is 2.73 bits per heavy atom. The van der Waals surface area contributed by atoms with Crippen LogP contribution in [0, 0.1) is 0 Å². The van der Waals surface area contributed by atoms with Gasteiger partial charge >= 0.3 is 0 Å². The summed E-state index contributed by atoms with van der Waals surface area (Å²) in [7, 11) is 0. The van der Waals surface area contributed by atoms with Crippen LogP contribution in [0.5, 0.6) is 0 Å². The lowest BCUT2D eigenvalue weighted by Crippen LogP contribution is -3.13. The Balaban J connectivity index is 1.47. The molecule has 5 rings (SSSR count). The monoisotopic (exact) mass is 349 g/mol. The van der Waals surface area contributed by atoms with Gasteiger partial charge < -0.3 is 4.74 Å². The van der Waals surface area contributed by atoms with Crippen molar-refractivity contribution < 1.29 is 9.64 Å². The Kier molecular flexibility index (Phi) is 4.11. The maximum absolute atomic E-state index is 5.91.